The number of amides is 1. The Labute approximate surface area is 212 Å². The fraction of sp³-hybridized carbons (Fsp3) is 0.296. The normalized spacial score (nSPS) is 14.9. The van der Waals surface area contributed by atoms with Crippen LogP contribution >= 0.6 is 0 Å². The molecule has 3 aromatic rings. The van der Waals surface area contributed by atoms with E-state index in [-0.39, 0.29) is 11.9 Å². The summed E-state index contributed by atoms with van der Waals surface area (Å²) in [7, 11) is 1.65. The van der Waals surface area contributed by atoms with Crippen LogP contribution in [0.5, 0.6) is 5.75 Å². The van der Waals surface area contributed by atoms with E-state index in [2.05, 4.69) is 28.5 Å². The first-order chi connectivity index (χ1) is 17.5. The third-order valence-electron chi connectivity index (χ3n) is 5.89. The van der Waals surface area contributed by atoms with Crippen LogP contribution in [0.15, 0.2) is 60.6 Å². The lowest BCUT2D eigenvalue weighted by molar-refractivity contribution is -0.192. The molecule has 0 radical (unpaired) electrons. The molecular weight excluding hydrogens is 487 g/mol. The number of carboxylic acid groups (broad SMARTS) is 1. The number of halogens is 3. The van der Waals surface area contributed by atoms with Crippen molar-refractivity contribution in [1.82, 2.24) is 14.9 Å². The number of carbonyl (C=O) groups excluding carboxylic acids is 1. The van der Waals surface area contributed by atoms with E-state index in [1.54, 1.807) is 13.4 Å². The van der Waals surface area contributed by atoms with Gasteiger partial charge in [-0.3, -0.25) is 4.79 Å². The van der Waals surface area contributed by atoms with Crippen LogP contribution in [-0.2, 0) is 16.0 Å². The van der Waals surface area contributed by atoms with Crippen LogP contribution in [0, 0.1) is 6.92 Å². The molecule has 196 valence electrons. The molecule has 0 aliphatic heterocycles. The topological polar surface area (TPSA) is 93.5 Å². The van der Waals surface area contributed by atoms with Crippen LogP contribution < -0.4 is 10.1 Å². The van der Waals surface area contributed by atoms with E-state index in [1.807, 2.05) is 55.0 Å². The van der Waals surface area contributed by atoms with E-state index < -0.39 is 12.1 Å². The summed E-state index contributed by atoms with van der Waals surface area (Å²) in [5, 5.41) is 10.3. The molecule has 1 amide bonds. The highest BCUT2D eigenvalue weighted by molar-refractivity contribution is 5.98. The number of imidazole rings is 1. The van der Waals surface area contributed by atoms with Gasteiger partial charge in [-0.1, -0.05) is 37.3 Å². The van der Waals surface area contributed by atoms with Gasteiger partial charge in [0.2, 0.25) is 5.91 Å². The van der Waals surface area contributed by atoms with Crippen molar-refractivity contribution < 1.29 is 32.6 Å². The van der Waals surface area contributed by atoms with Crippen molar-refractivity contribution in [3.63, 3.8) is 0 Å². The van der Waals surface area contributed by atoms with Crippen molar-refractivity contribution in [1.29, 1.82) is 0 Å². The fourth-order valence-corrected chi connectivity index (χ4v) is 4.04. The zero-order valence-corrected chi connectivity index (χ0v) is 20.7. The maximum absolute atomic E-state index is 13.0. The van der Waals surface area contributed by atoms with Gasteiger partial charge in [0.15, 0.2) is 0 Å². The number of alkyl halides is 3. The van der Waals surface area contributed by atoms with Crippen LogP contribution in [0.2, 0.25) is 0 Å². The number of ether oxygens (including phenoxy) is 1. The van der Waals surface area contributed by atoms with Gasteiger partial charge in [0.25, 0.3) is 0 Å². The van der Waals surface area contributed by atoms with Crippen molar-refractivity contribution in [3.05, 3.63) is 82.9 Å². The highest BCUT2D eigenvalue weighted by atomic mass is 19.4. The van der Waals surface area contributed by atoms with Gasteiger partial charge >= 0.3 is 12.1 Å². The molecular formula is C27H28F3N3O4. The summed E-state index contributed by atoms with van der Waals surface area (Å²) < 4.78 is 39.3. The molecule has 0 saturated carbocycles. The zero-order chi connectivity index (χ0) is 27.2. The molecule has 0 saturated heterocycles. The molecule has 2 N–H and O–H groups in total. The number of carbonyl (C=O) groups is 2. The molecule has 1 aliphatic carbocycles. The molecule has 1 atom stereocenters. The fourth-order valence-electron chi connectivity index (χ4n) is 4.04. The number of aliphatic carboxylic acids is 1. The summed E-state index contributed by atoms with van der Waals surface area (Å²) in [6.07, 6.45) is 3.21. The Kier molecular flexibility index (Phi) is 8.75. The molecule has 1 heterocycles. The highest BCUT2D eigenvalue weighted by Gasteiger charge is 2.38. The molecule has 2 aromatic carbocycles. The zero-order valence-electron chi connectivity index (χ0n) is 20.7. The minimum absolute atomic E-state index is 0.00696. The molecule has 1 aromatic heterocycles. The molecule has 1 aliphatic rings. The van der Waals surface area contributed by atoms with Crippen LogP contribution in [0.4, 0.5) is 13.2 Å². The summed E-state index contributed by atoms with van der Waals surface area (Å²) in [5.74, 6) is -2.03. The van der Waals surface area contributed by atoms with Crippen LogP contribution in [-0.4, -0.2) is 39.8 Å². The molecule has 7 nitrogen and oxygen atoms in total. The van der Waals surface area contributed by atoms with Crippen LogP contribution in [0.3, 0.4) is 0 Å². The average molecular weight is 516 g/mol. The number of nitrogens with zero attached hydrogens (tertiary/aromatic N) is 2. The number of carboxylic acids is 1. The molecule has 10 heteroatoms. The number of hydrogen-bond acceptors (Lipinski definition) is 4. The first kappa shape index (κ1) is 27.5. The summed E-state index contributed by atoms with van der Waals surface area (Å²) in [4.78, 5) is 26.1. The number of nitrogens with one attached hydrogen (secondary N) is 1. The van der Waals surface area contributed by atoms with Gasteiger partial charge < -0.3 is 19.7 Å². The Balaban J connectivity index is 0.000000479. The van der Waals surface area contributed by atoms with Gasteiger partial charge in [0.05, 0.1) is 30.9 Å². The molecule has 0 spiro atoms. The van der Waals surface area contributed by atoms with Gasteiger partial charge in [-0.05, 0) is 61.1 Å². The maximum Gasteiger partial charge on any atom is 0.490 e. The number of aromatic nitrogens is 2. The standard InChI is InChI=1S/C25H27N3O2.C2HF3O2/c1-4-19(25(29)27-22-11-10-20-7-5-6-8-21(20)22)13-18-9-12-23(24(14-18)30-3)28-15-17(2)26-16-28;3-2(4,5)1(6)7/h5-9,12-16,22H,4,10-11H2,1-3H3,(H,27,29);(H,6,7)/b19-13+;. The quantitative estimate of drug-likeness (QED) is 0.428. The highest BCUT2D eigenvalue weighted by Crippen LogP contribution is 2.31. The predicted octanol–water partition coefficient (Wildman–Crippen LogP) is 5.42. The smallest absolute Gasteiger partial charge is 0.490 e. The van der Waals surface area contributed by atoms with Crippen LogP contribution in [0.1, 0.15) is 48.2 Å². The van der Waals surface area contributed by atoms with E-state index in [0.29, 0.717) is 6.42 Å². The Hall–Kier alpha value is -4.08. The SMILES string of the molecule is CC/C(=C\c1ccc(-n2cnc(C)c2)c(OC)c1)C(=O)NC1CCc2ccccc21.O=C(O)C(F)(F)F. The predicted molar refractivity (Wildman–Crippen MR) is 132 cm³/mol. The van der Waals surface area contributed by atoms with E-state index in [1.165, 1.54) is 11.1 Å². The van der Waals surface area contributed by atoms with E-state index >= 15 is 0 Å². The van der Waals surface area contributed by atoms with Crippen LogP contribution in [0.25, 0.3) is 11.8 Å². The Bertz CT molecular complexity index is 1300. The van der Waals surface area contributed by atoms with Gasteiger partial charge in [-0.25, -0.2) is 9.78 Å². The Morgan fingerprint density at radius 1 is 1.24 bits per heavy atom. The molecule has 4 rings (SSSR count). The van der Waals surface area contributed by atoms with Crippen molar-refractivity contribution in [2.75, 3.05) is 7.11 Å². The number of hydrogen-bond donors (Lipinski definition) is 2. The van der Waals surface area contributed by atoms with Gasteiger partial charge in [-0.2, -0.15) is 13.2 Å². The summed E-state index contributed by atoms with van der Waals surface area (Å²) in [6.45, 7) is 3.96. The summed E-state index contributed by atoms with van der Waals surface area (Å²) in [5.41, 5.74) is 6.13. The van der Waals surface area contributed by atoms with Gasteiger partial charge in [0, 0.05) is 11.8 Å². The first-order valence-electron chi connectivity index (χ1n) is 11.6. The average Bonchev–Trinajstić information content (AvgIpc) is 3.48. The summed E-state index contributed by atoms with van der Waals surface area (Å²) >= 11 is 0. The maximum atomic E-state index is 13.0. The number of rotatable bonds is 6. The number of aryl methyl sites for hydroxylation is 2. The summed E-state index contributed by atoms with van der Waals surface area (Å²) in [6, 6.07) is 14.4. The second kappa shape index (κ2) is 11.8. The monoisotopic (exact) mass is 515 g/mol. The van der Waals surface area contributed by atoms with E-state index in [4.69, 9.17) is 14.6 Å². The van der Waals surface area contributed by atoms with Crippen molar-refractivity contribution >= 4 is 18.0 Å². The lowest BCUT2D eigenvalue weighted by Gasteiger charge is -2.16. The Morgan fingerprint density at radius 3 is 2.54 bits per heavy atom. The largest absolute Gasteiger partial charge is 0.495 e. The number of fused-ring (bicyclic) bond motifs is 1. The van der Waals surface area contributed by atoms with E-state index in [9.17, 15) is 18.0 Å². The minimum Gasteiger partial charge on any atom is -0.495 e. The van der Waals surface area contributed by atoms with Crippen molar-refractivity contribution in [2.24, 2.45) is 0 Å². The first-order valence-corrected chi connectivity index (χ1v) is 11.6. The molecule has 0 bridgehead atoms. The number of benzene rings is 2. The third kappa shape index (κ3) is 6.99. The van der Waals surface area contributed by atoms with Crippen molar-refractivity contribution in [3.8, 4) is 11.4 Å². The van der Waals surface area contributed by atoms with Gasteiger partial charge in [-0.15, -0.1) is 0 Å². The molecule has 0 fully saturated rings. The molecule has 37 heavy (non-hydrogen) atoms. The molecule has 1 unspecified atom stereocenters. The second-order valence-electron chi connectivity index (χ2n) is 8.44. The Morgan fingerprint density at radius 2 is 1.95 bits per heavy atom. The minimum atomic E-state index is -5.08. The van der Waals surface area contributed by atoms with Crippen molar-refractivity contribution in [2.45, 2.75) is 45.3 Å². The van der Waals surface area contributed by atoms with E-state index in [0.717, 1.165) is 41.1 Å². The lowest BCUT2D eigenvalue weighted by Crippen LogP contribution is -2.28. The lowest BCUT2D eigenvalue weighted by atomic mass is 10.0. The third-order valence-corrected chi connectivity index (χ3v) is 5.89. The second-order valence-corrected chi connectivity index (χ2v) is 8.44. The van der Waals surface area contributed by atoms with Gasteiger partial charge in [0.1, 0.15) is 5.75 Å². The number of methoxy groups -OCH3 is 1.